The molecule has 9 heteroatoms. The van der Waals surface area contributed by atoms with Gasteiger partial charge in [-0.15, -0.1) is 0 Å². The zero-order valence-electron chi connectivity index (χ0n) is 14.2. The minimum Gasteiger partial charge on any atom is -0.481 e. The molecular weight excluding hydrogens is 336 g/mol. The lowest BCUT2D eigenvalue weighted by atomic mass is 9.80. The van der Waals surface area contributed by atoms with E-state index in [0.29, 0.717) is 39.0 Å². The molecule has 2 aliphatic heterocycles. The summed E-state index contributed by atoms with van der Waals surface area (Å²) in [5, 5.41) is 12.2. The normalized spacial score (nSPS) is 24.6. The van der Waals surface area contributed by atoms with Crippen LogP contribution in [0.2, 0.25) is 0 Å². The first-order valence-electron chi connectivity index (χ1n) is 8.28. The van der Waals surface area contributed by atoms with Crippen LogP contribution in [0.5, 0.6) is 0 Å². The number of carbonyl (C=O) groups excluding carboxylic acids is 1. The van der Waals surface area contributed by atoms with E-state index in [9.17, 15) is 23.1 Å². The Morgan fingerprint density at radius 2 is 1.92 bits per heavy atom. The highest BCUT2D eigenvalue weighted by Crippen LogP contribution is 2.30. The second-order valence-corrected chi connectivity index (χ2v) is 8.93. The average molecular weight is 362 g/mol. The highest BCUT2D eigenvalue weighted by atomic mass is 32.2. The van der Waals surface area contributed by atoms with Crippen molar-refractivity contribution in [3.05, 3.63) is 0 Å². The van der Waals surface area contributed by atoms with Crippen molar-refractivity contribution < 1.29 is 27.9 Å². The summed E-state index contributed by atoms with van der Waals surface area (Å²) in [5.74, 6) is -1.53. The van der Waals surface area contributed by atoms with E-state index in [1.165, 1.54) is 4.31 Å². The van der Waals surface area contributed by atoms with Crippen LogP contribution in [0.4, 0.5) is 0 Å². The van der Waals surface area contributed by atoms with Gasteiger partial charge in [0.15, 0.2) is 0 Å². The van der Waals surface area contributed by atoms with E-state index in [-0.39, 0.29) is 18.2 Å². The standard InChI is InChI=1S/C15H26N2O6S/c1-11(2)12(17-6-3-9-24(17,21)22)13(18)16-10-15(14(19)20)4-7-23-8-5-15/h11-12H,3-10H2,1-2H3,(H,16,18)(H,19,20). The quantitative estimate of drug-likeness (QED) is 0.690. The van der Waals surface area contributed by atoms with Crippen molar-refractivity contribution in [2.24, 2.45) is 11.3 Å². The Labute approximate surface area is 142 Å². The van der Waals surface area contributed by atoms with Crippen molar-refractivity contribution >= 4 is 21.9 Å². The molecule has 138 valence electrons. The molecule has 1 atom stereocenters. The third kappa shape index (κ3) is 3.89. The van der Waals surface area contributed by atoms with Crippen molar-refractivity contribution in [1.29, 1.82) is 0 Å². The van der Waals surface area contributed by atoms with Gasteiger partial charge in [0.25, 0.3) is 0 Å². The molecule has 2 rings (SSSR count). The van der Waals surface area contributed by atoms with Gasteiger partial charge in [-0.2, -0.15) is 4.31 Å². The van der Waals surface area contributed by atoms with Crippen molar-refractivity contribution in [2.75, 3.05) is 32.1 Å². The van der Waals surface area contributed by atoms with Crippen molar-refractivity contribution in [2.45, 2.75) is 39.2 Å². The monoisotopic (exact) mass is 362 g/mol. The average Bonchev–Trinajstić information content (AvgIpc) is 2.85. The molecule has 0 aromatic rings. The van der Waals surface area contributed by atoms with Crippen LogP contribution in [0.15, 0.2) is 0 Å². The van der Waals surface area contributed by atoms with Crippen LogP contribution in [0, 0.1) is 11.3 Å². The minimum absolute atomic E-state index is 0.0123. The molecule has 2 fully saturated rings. The molecule has 0 aromatic heterocycles. The molecule has 1 amide bonds. The van der Waals surface area contributed by atoms with E-state index in [2.05, 4.69) is 5.32 Å². The zero-order chi connectivity index (χ0) is 18.0. The number of hydrogen-bond donors (Lipinski definition) is 2. The Bertz CT molecular complexity index is 583. The number of nitrogens with zero attached hydrogens (tertiary/aromatic N) is 1. The highest BCUT2D eigenvalue weighted by Gasteiger charge is 2.43. The van der Waals surface area contributed by atoms with Crippen LogP contribution in [0.3, 0.4) is 0 Å². The topological polar surface area (TPSA) is 113 Å². The van der Waals surface area contributed by atoms with Gasteiger partial charge in [0.2, 0.25) is 15.9 Å². The molecule has 0 bridgehead atoms. The first-order chi connectivity index (χ1) is 11.2. The second-order valence-electron chi connectivity index (χ2n) is 6.88. The third-order valence-electron chi connectivity index (χ3n) is 4.85. The van der Waals surface area contributed by atoms with E-state index in [0.717, 1.165) is 0 Å². The third-order valence-corrected chi connectivity index (χ3v) is 6.78. The fourth-order valence-electron chi connectivity index (χ4n) is 3.33. The summed E-state index contributed by atoms with van der Waals surface area (Å²) in [6.45, 7) is 4.59. The van der Waals surface area contributed by atoms with Crippen LogP contribution in [-0.2, 0) is 24.3 Å². The van der Waals surface area contributed by atoms with Crippen LogP contribution >= 0.6 is 0 Å². The largest absolute Gasteiger partial charge is 0.481 e. The molecule has 2 aliphatic rings. The van der Waals surface area contributed by atoms with Gasteiger partial charge in [0.1, 0.15) is 6.04 Å². The van der Waals surface area contributed by atoms with Gasteiger partial charge >= 0.3 is 5.97 Å². The fourth-order valence-corrected chi connectivity index (χ4v) is 5.15. The SMILES string of the molecule is CC(C)C(C(=O)NCC1(C(=O)O)CCOCC1)N1CCCS1(=O)=O. The number of carbonyl (C=O) groups is 2. The van der Waals surface area contributed by atoms with E-state index in [4.69, 9.17) is 4.74 Å². The van der Waals surface area contributed by atoms with Crippen molar-refractivity contribution in [1.82, 2.24) is 9.62 Å². The Hall–Kier alpha value is -1.19. The Morgan fingerprint density at radius 3 is 2.38 bits per heavy atom. The zero-order valence-corrected chi connectivity index (χ0v) is 15.0. The van der Waals surface area contributed by atoms with Gasteiger partial charge in [-0.25, -0.2) is 8.42 Å². The molecule has 0 spiro atoms. The molecule has 0 aromatic carbocycles. The fraction of sp³-hybridized carbons (Fsp3) is 0.867. The van der Waals surface area contributed by atoms with E-state index in [1.54, 1.807) is 13.8 Å². The summed E-state index contributed by atoms with van der Waals surface area (Å²) in [5.41, 5.74) is -1.04. The van der Waals surface area contributed by atoms with Gasteiger partial charge in [-0.05, 0) is 25.2 Å². The first kappa shape index (κ1) is 19.1. The lowest BCUT2D eigenvalue weighted by molar-refractivity contribution is -0.154. The lowest BCUT2D eigenvalue weighted by Gasteiger charge is -2.35. The van der Waals surface area contributed by atoms with Crippen LogP contribution < -0.4 is 5.32 Å². The second kappa shape index (κ2) is 7.37. The summed E-state index contributed by atoms with van der Waals surface area (Å²) in [4.78, 5) is 24.3. The van der Waals surface area contributed by atoms with Crippen molar-refractivity contribution in [3.8, 4) is 0 Å². The number of hydrogen-bond acceptors (Lipinski definition) is 5. The Balaban J connectivity index is 2.09. The number of aliphatic carboxylic acids is 1. The molecule has 2 heterocycles. The van der Waals surface area contributed by atoms with Gasteiger partial charge in [-0.3, -0.25) is 9.59 Å². The number of carboxylic acids is 1. The maximum atomic E-state index is 12.6. The Kier molecular flexibility index (Phi) is 5.87. The number of sulfonamides is 1. The molecular formula is C15H26N2O6S. The molecule has 2 saturated heterocycles. The van der Waals surface area contributed by atoms with Gasteiger partial charge in [0.05, 0.1) is 11.2 Å². The number of amides is 1. The van der Waals surface area contributed by atoms with Crippen molar-refractivity contribution in [3.63, 3.8) is 0 Å². The molecule has 0 saturated carbocycles. The van der Waals surface area contributed by atoms with E-state index < -0.39 is 33.4 Å². The summed E-state index contributed by atoms with van der Waals surface area (Å²) >= 11 is 0. The molecule has 0 aliphatic carbocycles. The maximum Gasteiger partial charge on any atom is 0.311 e. The molecule has 2 N–H and O–H groups in total. The minimum atomic E-state index is -3.41. The van der Waals surface area contributed by atoms with Gasteiger partial charge in [0, 0.05) is 26.3 Å². The van der Waals surface area contributed by atoms with E-state index in [1.807, 2.05) is 0 Å². The van der Waals surface area contributed by atoms with Crippen LogP contribution in [0.25, 0.3) is 0 Å². The lowest BCUT2D eigenvalue weighted by Crippen LogP contribution is -2.54. The molecule has 24 heavy (non-hydrogen) atoms. The van der Waals surface area contributed by atoms with Gasteiger partial charge in [-0.1, -0.05) is 13.8 Å². The van der Waals surface area contributed by atoms with E-state index >= 15 is 0 Å². The molecule has 8 nitrogen and oxygen atoms in total. The Morgan fingerprint density at radius 1 is 1.29 bits per heavy atom. The highest BCUT2D eigenvalue weighted by molar-refractivity contribution is 7.89. The maximum absolute atomic E-state index is 12.6. The molecule has 0 radical (unpaired) electrons. The summed E-state index contributed by atoms with van der Waals surface area (Å²) < 4.78 is 30.7. The predicted molar refractivity (Wildman–Crippen MR) is 86.9 cm³/mol. The number of rotatable bonds is 6. The predicted octanol–water partition coefficient (Wildman–Crippen LogP) is 0.0441. The van der Waals surface area contributed by atoms with Gasteiger partial charge < -0.3 is 15.2 Å². The number of ether oxygens (including phenoxy) is 1. The van der Waals surface area contributed by atoms with Crippen LogP contribution in [0.1, 0.15) is 33.1 Å². The summed E-state index contributed by atoms with van der Waals surface area (Å²) in [6, 6.07) is -0.803. The summed E-state index contributed by atoms with van der Waals surface area (Å²) in [7, 11) is -3.41. The van der Waals surface area contributed by atoms with Crippen LogP contribution in [-0.4, -0.2) is 67.8 Å². The number of nitrogens with one attached hydrogen (secondary N) is 1. The smallest absolute Gasteiger partial charge is 0.311 e. The first-order valence-corrected chi connectivity index (χ1v) is 9.89. The summed E-state index contributed by atoms with van der Waals surface area (Å²) in [6.07, 6.45) is 1.17. The molecule has 1 unspecified atom stereocenters. The number of carboxylic acid groups (broad SMARTS) is 1.